The summed E-state index contributed by atoms with van der Waals surface area (Å²) in [7, 11) is 0. The van der Waals surface area contributed by atoms with Gasteiger partial charge in [0.25, 0.3) is 11.8 Å². The van der Waals surface area contributed by atoms with E-state index in [0.717, 1.165) is 23.6 Å². The molecule has 3 aliphatic rings. The molecule has 3 N–H and O–H groups in total. The first-order valence-corrected chi connectivity index (χ1v) is 10.4. The summed E-state index contributed by atoms with van der Waals surface area (Å²) < 4.78 is 0. The maximum Gasteiger partial charge on any atom is 0.263 e. The van der Waals surface area contributed by atoms with Crippen LogP contribution >= 0.6 is 11.3 Å². The predicted molar refractivity (Wildman–Crippen MR) is 102 cm³/mol. The lowest BCUT2D eigenvalue weighted by molar-refractivity contribution is -0.125. The summed E-state index contributed by atoms with van der Waals surface area (Å²) in [6.07, 6.45) is 7.05. The van der Waals surface area contributed by atoms with Gasteiger partial charge in [-0.1, -0.05) is 19.8 Å². The molecule has 26 heavy (non-hydrogen) atoms. The van der Waals surface area contributed by atoms with Gasteiger partial charge in [0.1, 0.15) is 5.54 Å². The van der Waals surface area contributed by atoms with Crippen molar-refractivity contribution in [2.75, 3.05) is 13.1 Å². The first kappa shape index (κ1) is 17.5. The zero-order valence-electron chi connectivity index (χ0n) is 15.2. The van der Waals surface area contributed by atoms with Crippen LogP contribution in [0.1, 0.15) is 59.1 Å². The smallest absolute Gasteiger partial charge is 0.263 e. The van der Waals surface area contributed by atoms with Gasteiger partial charge in [0.05, 0.1) is 4.88 Å². The second-order valence-electron chi connectivity index (χ2n) is 7.73. The molecule has 1 aromatic heterocycles. The van der Waals surface area contributed by atoms with E-state index < -0.39 is 5.54 Å². The number of amides is 2. The van der Waals surface area contributed by atoms with Crippen molar-refractivity contribution in [3.05, 3.63) is 21.4 Å². The van der Waals surface area contributed by atoms with Crippen molar-refractivity contribution in [2.45, 2.75) is 57.4 Å². The Bertz CT molecular complexity index is 762. The lowest BCUT2D eigenvalue weighted by atomic mass is 9.85. The van der Waals surface area contributed by atoms with Gasteiger partial charge in [0.2, 0.25) is 0 Å². The van der Waals surface area contributed by atoms with E-state index in [2.05, 4.69) is 23.3 Å². The fourth-order valence-corrected chi connectivity index (χ4v) is 5.65. The number of nitrogens with one attached hydrogen (secondary N) is 1. The van der Waals surface area contributed by atoms with Crippen LogP contribution in [0.3, 0.4) is 0 Å². The van der Waals surface area contributed by atoms with E-state index in [4.69, 9.17) is 5.73 Å². The molecule has 1 saturated heterocycles. The summed E-state index contributed by atoms with van der Waals surface area (Å²) in [5.74, 6) is 0.934. The van der Waals surface area contributed by atoms with Crippen LogP contribution in [0.2, 0.25) is 0 Å². The molecule has 1 fully saturated rings. The molecule has 1 spiro atoms. The highest BCUT2D eigenvalue weighted by atomic mass is 32.1. The van der Waals surface area contributed by atoms with Crippen LogP contribution in [-0.2, 0) is 17.6 Å². The highest BCUT2D eigenvalue weighted by Crippen LogP contribution is 2.36. The Morgan fingerprint density at radius 1 is 1.46 bits per heavy atom. The molecule has 0 radical (unpaired) electrons. The molecule has 2 amide bonds. The minimum atomic E-state index is -0.761. The van der Waals surface area contributed by atoms with E-state index >= 15 is 0 Å². The number of hydrogen-bond acceptors (Lipinski definition) is 5. The normalized spacial score (nSPS) is 24.3. The van der Waals surface area contributed by atoms with Gasteiger partial charge in [-0.2, -0.15) is 0 Å². The molecule has 0 saturated carbocycles. The van der Waals surface area contributed by atoms with Crippen molar-refractivity contribution >= 4 is 29.1 Å². The number of nitrogens with two attached hydrogens (primary N) is 1. The number of fused-ring (bicyclic) bond motifs is 1. The molecule has 1 aromatic rings. The Morgan fingerprint density at radius 2 is 2.23 bits per heavy atom. The van der Waals surface area contributed by atoms with Gasteiger partial charge in [-0.05, 0) is 49.7 Å². The number of nitrogens with zero attached hydrogens (tertiary/aromatic N) is 2. The molecule has 140 valence electrons. The summed E-state index contributed by atoms with van der Waals surface area (Å²) in [5.41, 5.74) is 6.26. The molecule has 0 aromatic carbocycles. The molecule has 3 heterocycles. The Hall–Kier alpha value is -1.89. The molecular formula is C19H26N4O2S. The monoisotopic (exact) mass is 374 g/mol. The first-order chi connectivity index (χ1) is 12.5. The third-order valence-electron chi connectivity index (χ3n) is 5.97. The van der Waals surface area contributed by atoms with Crippen LogP contribution in [0, 0.1) is 5.92 Å². The molecule has 0 unspecified atom stereocenters. The predicted octanol–water partition coefficient (Wildman–Crippen LogP) is 2.07. The fourth-order valence-electron chi connectivity index (χ4n) is 4.48. The fraction of sp³-hybridized carbons (Fsp3) is 0.632. The number of piperidine rings is 1. The van der Waals surface area contributed by atoms with E-state index in [1.54, 1.807) is 11.3 Å². The Balaban J connectivity index is 1.43. The van der Waals surface area contributed by atoms with E-state index in [0.29, 0.717) is 25.9 Å². The number of hydrogen-bond donors (Lipinski definition) is 2. The lowest BCUT2D eigenvalue weighted by Gasteiger charge is -2.35. The summed E-state index contributed by atoms with van der Waals surface area (Å²) in [5, 5.41) is 2.59. The number of likely N-dealkylation sites (tertiary alicyclic amines) is 1. The minimum absolute atomic E-state index is 0.0987. The van der Waals surface area contributed by atoms with Gasteiger partial charge >= 0.3 is 0 Å². The van der Waals surface area contributed by atoms with E-state index in [-0.39, 0.29) is 17.8 Å². The van der Waals surface area contributed by atoms with Crippen molar-refractivity contribution in [3.63, 3.8) is 0 Å². The molecular weight excluding hydrogens is 348 g/mol. The number of thiophene rings is 1. The number of carbonyl (C=O) groups is 2. The van der Waals surface area contributed by atoms with Crippen molar-refractivity contribution in [3.8, 4) is 0 Å². The molecule has 2 aliphatic heterocycles. The van der Waals surface area contributed by atoms with Gasteiger partial charge < -0.3 is 10.6 Å². The average Bonchev–Trinajstić information content (AvgIpc) is 3.16. The first-order valence-electron chi connectivity index (χ1n) is 9.58. The van der Waals surface area contributed by atoms with E-state index in [9.17, 15) is 9.59 Å². The van der Waals surface area contributed by atoms with Gasteiger partial charge in [0, 0.05) is 18.0 Å². The summed E-state index contributed by atoms with van der Waals surface area (Å²) >= 11 is 1.66. The zero-order chi connectivity index (χ0) is 18.3. The quantitative estimate of drug-likeness (QED) is 0.849. The summed E-state index contributed by atoms with van der Waals surface area (Å²) in [6.45, 7) is 3.33. The number of rotatable bonds is 3. The minimum Gasteiger partial charge on any atom is -0.370 e. The van der Waals surface area contributed by atoms with E-state index in [1.807, 2.05) is 4.90 Å². The van der Waals surface area contributed by atoms with Crippen LogP contribution in [0.5, 0.6) is 0 Å². The van der Waals surface area contributed by atoms with Gasteiger partial charge in [-0.15, -0.1) is 11.3 Å². The van der Waals surface area contributed by atoms with Crippen molar-refractivity contribution < 1.29 is 9.59 Å². The highest BCUT2D eigenvalue weighted by molar-refractivity contribution is 7.14. The highest BCUT2D eigenvalue weighted by Gasteiger charge is 2.46. The third-order valence-corrected chi connectivity index (χ3v) is 7.19. The lowest BCUT2D eigenvalue weighted by Crippen LogP contribution is -2.50. The van der Waals surface area contributed by atoms with Crippen molar-refractivity contribution in [1.82, 2.24) is 10.2 Å². The molecule has 1 atom stereocenters. The maximum atomic E-state index is 12.9. The van der Waals surface area contributed by atoms with Crippen LogP contribution in [0.4, 0.5) is 0 Å². The van der Waals surface area contributed by atoms with Crippen LogP contribution in [0.15, 0.2) is 11.1 Å². The van der Waals surface area contributed by atoms with Gasteiger partial charge in [0.15, 0.2) is 5.96 Å². The number of aliphatic imine (C=N–C) groups is 1. The Kier molecular flexibility index (Phi) is 4.50. The zero-order valence-corrected chi connectivity index (χ0v) is 16.0. The van der Waals surface area contributed by atoms with Crippen molar-refractivity contribution in [1.29, 1.82) is 0 Å². The second-order valence-corrected chi connectivity index (χ2v) is 8.87. The summed E-state index contributed by atoms with van der Waals surface area (Å²) in [6, 6.07) is 2.12. The maximum absolute atomic E-state index is 12.9. The number of aryl methyl sites for hydroxylation is 1. The molecule has 7 heteroatoms. The average molecular weight is 375 g/mol. The molecule has 4 rings (SSSR count). The molecule has 1 aliphatic carbocycles. The van der Waals surface area contributed by atoms with Gasteiger partial charge in [-0.3, -0.25) is 14.9 Å². The topological polar surface area (TPSA) is 87.8 Å². The van der Waals surface area contributed by atoms with Crippen LogP contribution < -0.4 is 11.1 Å². The Labute approximate surface area is 157 Å². The molecule has 0 bridgehead atoms. The molecule has 6 nitrogen and oxygen atoms in total. The number of carbonyl (C=O) groups excluding carboxylic acids is 2. The summed E-state index contributed by atoms with van der Waals surface area (Å²) in [4.78, 5) is 33.5. The van der Waals surface area contributed by atoms with Crippen LogP contribution in [0.25, 0.3) is 0 Å². The second kappa shape index (κ2) is 6.68. The number of guanidine groups is 1. The van der Waals surface area contributed by atoms with E-state index in [1.165, 1.54) is 29.7 Å². The standard InChI is InChI=1S/C19H26N4O2S/c1-2-3-12-4-5-14-13(10-12)11-15(26-14)16(24)23-8-6-19(7-9-23)17(25)21-18(20)22-19/h11-12H,2-10H2,1H3,(H3,20,21,22,25)/t12-/m1/s1. The SMILES string of the molecule is CCC[C@@H]1CCc2sc(C(=O)N3CCC4(CC3)N=C(N)NC4=O)cc2C1. The van der Waals surface area contributed by atoms with Crippen molar-refractivity contribution in [2.24, 2.45) is 16.6 Å². The van der Waals surface area contributed by atoms with Gasteiger partial charge in [-0.25, -0.2) is 4.99 Å². The third kappa shape index (κ3) is 3.02. The largest absolute Gasteiger partial charge is 0.370 e. The van der Waals surface area contributed by atoms with Crippen LogP contribution in [-0.4, -0.2) is 41.3 Å². The Morgan fingerprint density at radius 3 is 2.88 bits per heavy atom.